The molecule has 0 rings (SSSR count). The summed E-state index contributed by atoms with van der Waals surface area (Å²) < 4.78 is 22.5. The van der Waals surface area contributed by atoms with Gasteiger partial charge in [-0.3, -0.25) is 0 Å². The molecule has 0 aromatic heterocycles. The Morgan fingerprint density at radius 2 is 0.800 bits per heavy atom. The summed E-state index contributed by atoms with van der Waals surface area (Å²) in [6, 6.07) is 0. The zero-order valence-corrected chi connectivity index (χ0v) is 5.37. The van der Waals surface area contributed by atoms with Crippen molar-refractivity contribution in [2.45, 2.75) is 0 Å². The van der Waals surface area contributed by atoms with Gasteiger partial charge in [0, 0.05) is 0 Å². The largest absolute Gasteiger partial charge is 0.216 e. The van der Waals surface area contributed by atoms with Crippen LogP contribution in [0, 0.1) is 0 Å². The highest BCUT2D eigenvalue weighted by Crippen LogP contribution is 1.82. The van der Waals surface area contributed by atoms with E-state index in [1.165, 1.54) is 24.3 Å². The van der Waals surface area contributed by atoms with Crippen molar-refractivity contribution in [1.82, 2.24) is 0 Å². The molecule has 0 radical (unpaired) electrons. The van der Waals surface area contributed by atoms with Gasteiger partial charge >= 0.3 is 0 Å². The highest BCUT2D eigenvalue weighted by Gasteiger charge is 1.60. The van der Waals surface area contributed by atoms with Crippen LogP contribution in [0.3, 0.4) is 0 Å². The fraction of sp³-hybridized carbons (Fsp3) is 0. The molecule has 0 aliphatic rings. The van der Waals surface area contributed by atoms with E-state index in [1.54, 1.807) is 12.2 Å². The van der Waals surface area contributed by atoms with Crippen molar-refractivity contribution in [3.8, 4) is 0 Å². The predicted molar refractivity (Wildman–Crippen MR) is 38.8 cm³/mol. The Morgan fingerprint density at radius 3 is 1.10 bits per heavy atom. The zero-order valence-electron chi connectivity index (χ0n) is 5.37. The maximum Gasteiger partial charge on any atom is 0.0866 e. The lowest BCUT2D eigenvalue weighted by molar-refractivity contribution is 0.721. The molecular weight excluding hydrogens is 134 g/mol. The minimum atomic E-state index is 0.426. The van der Waals surface area contributed by atoms with E-state index in [0.717, 1.165) is 0 Å². The third kappa shape index (κ3) is 6.82. The molecule has 2 heteroatoms. The van der Waals surface area contributed by atoms with E-state index in [9.17, 15) is 8.78 Å². The van der Waals surface area contributed by atoms with Crippen LogP contribution >= 0.6 is 0 Å². The van der Waals surface area contributed by atoms with Gasteiger partial charge in [-0.15, -0.1) is 0 Å². The SMILES string of the molecule is F/C=C/C=C/C=C/C=C/F. The molecule has 0 aromatic rings. The highest BCUT2D eigenvalue weighted by molar-refractivity contribution is 5.13. The fourth-order valence-electron chi connectivity index (χ4n) is 0.341. The molecule has 0 heterocycles. The first-order chi connectivity index (χ1) is 4.91. The second-order valence-electron chi connectivity index (χ2n) is 1.41. The van der Waals surface area contributed by atoms with Gasteiger partial charge < -0.3 is 0 Å². The van der Waals surface area contributed by atoms with E-state index in [0.29, 0.717) is 12.7 Å². The van der Waals surface area contributed by atoms with Crippen LogP contribution in [-0.2, 0) is 0 Å². The summed E-state index contributed by atoms with van der Waals surface area (Å²) >= 11 is 0. The van der Waals surface area contributed by atoms with Gasteiger partial charge in [-0.1, -0.05) is 24.3 Å². The first kappa shape index (κ1) is 8.82. The normalized spacial score (nSPS) is 13.4. The fourth-order valence-corrected chi connectivity index (χ4v) is 0.341. The van der Waals surface area contributed by atoms with Crippen molar-refractivity contribution in [3.63, 3.8) is 0 Å². The average molecular weight is 142 g/mol. The summed E-state index contributed by atoms with van der Waals surface area (Å²) in [7, 11) is 0. The molecule has 0 amide bonds. The maximum absolute atomic E-state index is 11.2. The predicted octanol–water partition coefficient (Wildman–Crippen LogP) is 3.07. The van der Waals surface area contributed by atoms with Crippen molar-refractivity contribution in [2.24, 2.45) is 0 Å². The van der Waals surface area contributed by atoms with E-state index in [4.69, 9.17) is 0 Å². The van der Waals surface area contributed by atoms with Gasteiger partial charge in [0.2, 0.25) is 0 Å². The van der Waals surface area contributed by atoms with Crippen LogP contribution in [0.1, 0.15) is 0 Å². The third-order valence-electron chi connectivity index (χ3n) is 0.701. The number of rotatable bonds is 3. The molecular formula is C8H8F2. The molecule has 0 fully saturated rings. The second kappa shape index (κ2) is 7.82. The van der Waals surface area contributed by atoms with Crippen LogP contribution < -0.4 is 0 Å². The molecule has 0 saturated carbocycles. The Morgan fingerprint density at radius 1 is 0.500 bits per heavy atom. The summed E-state index contributed by atoms with van der Waals surface area (Å²) in [5.74, 6) is 0. The Balaban J connectivity index is 3.51. The Kier molecular flexibility index (Phi) is 6.90. The summed E-state index contributed by atoms with van der Waals surface area (Å²) in [6.45, 7) is 0. The molecule has 0 unspecified atom stereocenters. The van der Waals surface area contributed by atoms with Crippen molar-refractivity contribution in [3.05, 3.63) is 49.1 Å². The molecule has 0 nitrogen and oxygen atoms in total. The molecule has 0 bridgehead atoms. The lowest BCUT2D eigenvalue weighted by Crippen LogP contribution is -1.48. The minimum Gasteiger partial charge on any atom is -0.216 e. The van der Waals surface area contributed by atoms with E-state index < -0.39 is 0 Å². The molecule has 0 N–H and O–H groups in total. The first-order valence-electron chi connectivity index (χ1n) is 2.77. The van der Waals surface area contributed by atoms with Crippen LogP contribution in [0.15, 0.2) is 49.1 Å². The van der Waals surface area contributed by atoms with Crippen molar-refractivity contribution >= 4 is 0 Å². The molecule has 0 aliphatic carbocycles. The summed E-state index contributed by atoms with van der Waals surface area (Å²) in [6.07, 6.45) is 9.52. The summed E-state index contributed by atoms with van der Waals surface area (Å²) in [5, 5.41) is 0. The molecule has 0 aromatic carbocycles. The molecule has 10 heavy (non-hydrogen) atoms. The number of halogens is 2. The minimum absolute atomic E-state index is 0.426. The summed E-state index contributed by atoms with van der Waals surface area (Å²) in [5.41, 5.74) is 0. The molecule has 0 atom stereocenters. The molecule has 0 saturated heterocycles. The third-order valence-corrected chi connectivity index (χ3v) is 0.701. The number of allylic oxidation sites excluding steroid dienone is 6. The Bertz CT molecular complexity index is 144. The first-order valence-corrected chi connectivity index (χ1v) is 2.77. The van der Waals surface area contributed by atoms with Crippen LogP contribution in [0.5, 0.6) is 0 Å². The molecule has 0 spiro atoms. The van der Waals surface area contributed by atoms with Gasteiger partial charge in [-0.05, 0) is 12.2 Å². The van der Waals surface area contributed by atoms with E-state index >= 15 is 0 Å². The van der Waals surface area contributed by atoms with Gasteiger partial charge in [0.05, 0.1) is 12.7 Å². The number of hydrogen-bond acceptors (Lipinski definition) is 0. The Hall–Kier alpha value is -1.18. The monoisotopic (exact) mass is 142 g/mol. The van der Waals surface area contributed by atoms with Gasteiger partial charge in [0.15, 0.2) is 0 Å². The topological polar surface area (TPSA) is 0 Å². The quantitative estimate of drug-likeness (QED) is 0.531. The van der Waals surface area contributed by atoms with Crippen molar-refractivity contribution in [1.29, 1.82) is 0 Å². The second-order valence-corrected chi connectivity index (χ2v) is 1.41. The molecule has 0 aliphatic heterocycles. The zero-order chi connectivity index (χ0) is 7.66. The average Bonchev–Trinajstić information content (AvgIpc) is 1.97. The van der Waals surface area contributed by atoms with E-state index in [-0.39, 0.29) is 0 Å². The van der Waals surface area contributed by atoms with Crippen LogP contribution in [0.25, 0.3) is 0 Å². The van der Waals surface area contributed by atoms with E-state index in [2.05, 4.69) is 0 Å². The Labute approximate surface area is 58.9 Å². The highest BCUT2D eigenvalue weighted by atomic mass is 19.1. The van der Waals surface area contributed by atoms with Crippen LogP contribution in [0.4, 0.5) is 8.78 Å². The molecule has 54 valence electrons. The lowest BCUT2D eigenvalue weighted by atomic mass is 10.4. The summed E-state index contributed by atoms with van der Waals surface area (Å²) in [4.78, 5) is 0. The smallest absolute Gasteiger partial charge is 0.0866 e. The van der Waals surface area contributed by atoms with Gasteiger partial charge in [0.1, 0.15) is 0 Å². The van der Waals surface area contributed by atoms with Gasteiger partial charge in [-0.25, -0.2) is 8.78 Å². The maximum atomic E-state index is 11.2. The van der Waals surface area contributed by atoms with Crippen molar-refractivity contribution < 1.29 is 8.78 Å². The van der Waals surface area contributed by atoms with Gasteiger partial charge in [0.25, 0.3) is 0 Å². The van der Waals surface area contributed by atoms with Crippen LogP contribution in [0.2, 0.25) is 0 Å². The standard InChI is InChI=1S/C8H8F2/c9-7-5-3-1-2-4-6-8-10/h1-8H/b3-1+,4-2+,7-5+,8-6+. The van der Waals surface area contributed by atoms with Crippen molar-refractivity contribution in [2.75, 3.05) is 0 Å². The van der Waals surface area contributed by atoms with Gasteiger partial charge in [-0.2, -0.15) is 0 Å². The number of hydrogen-bond donors (Lipinski definition) is 0. The van der Waals surface area contributed by atoms with E-state index in [1.807, 2.05) is 0 Å². The van der Waals surface area contributed by atoms with Crippen LogP contribution in [-0.4, -0.2) is 0 Å². The lowest BCUT2D eigenvalue weighted by Gasteiger charge is -1.69.